The van der Waals surface area contributed by atoms with Gasteiger partial charge in [-0.05, 0) is 67.1 Å². The highest BCUT2D eigenvalue weighted by atomic mass is 19.1. The minimum Gasteiger partial charge on any atom is -0.338 e. The number of nitrogens with zero attached hydrogens (tertiary/aromatic N) is 1. The van der Waals surface area contributed by atoms with Gasteiger partial charge in [-0.3, -0.25) is 14.9 Å². The van der Waals surface area contributed by atoms with E-state index in [1.165, 1.54) is 12.1 Å². The molecule has 1 aliphatic heterocycles. The average Bonchev–Trinajstić information content (AvgIpc) is 3.34. The number of benzene rings is 3. The minimum atomic E-state index is -1.25. The number of H-pyrrole nitrogens is 1. The second-order valence-electron chi connectivity index (χ2n) is 7.89. The van der Waals surface area contributed by atoms with Crippen molar-refractivity contribution in [3.8, 4) is 11.4 Å². The molecule has 5 rings (SSSR count). The van der Waals surface area contributed by atoms with E-state index in [1.807, 2.05) is 0 Å². The Morgan fingerprint density at radius 2 is 1.82 bits per heavy atom. The Morgan fingerprint density at radius 3 is 2.55 bits per heavy atom. The Labute approximate surface area is 187 Å². The maximum atomic E-state index is 13.2. The highest BCUT2D eigenvalue weighted by molar-refractivity contribution is 6.08. The van der Waals surface area contributed by atoms with Crippen molar-refractivity contribution in [1.82, 2.24) is 20.6 Å². The predicted molar refractivity (Wildman–Crippen MR) is 120 cm³/mol. The van der Waals surface area contributed by atoms with E-state index in [9.17, 15) is 18.8 Å². The van der Waals surface area contributed by atoms with E-state index in [4.69, 9.17) is 0 Å². The number of carbonyl (C=O) groups is 3. The normalized spacial score (nSPS) is 17.6. The number of urea groups is 1. The van der Waals surface area contributed by atoms with Crippen LogP contribution in [0.2, 0.25) is 0 Å². The van der Waals surface area contributed by atoms with Gasteiger partial charge in [0.1, 0.15) is 17.2 Å². The van der Waals surface area contributed by atoms with E-state index < -0.39 is 17.5 Å². The third kappa shape index (κ3) is 3.69. The number of hydrogen-bond donors (Lipinski definition) is 4. The molecular formula is C24H18FN5O3. The Bertz CT molecular complexity index is 1430. The summed E-state index contributed by atoms with van der Waals surface area (Å²) >= 11 is 0. The molecule has 4 aromatic rings. The van der Waals surface area contributed by atoms with Crippen molar-refractivity contribution in [3.05, 3.63) is 83.7 Å². The molecule has 0 bridgehead atoms. The smallest absolute Gasteiger partial charge is 0.322 e. The van der Waals surface area contributed by atoms with E-state index in [2.05, 4.69) is 25.9 Å². The van der Waals surface area contributed by atoms with Crippen molar-refractivity contribution in [2.45, 2.75) is 12.5 Å². The monoisotopic (exact) mass is 443 g/mol. The molecule has 1 fully saturated rings. The first kappa shape index (κ1) is 20.4. The molecule has 1 saturated heterocycles. The third-order valence-corrected chi connectivity index (χ3v) is 5.60. The van der Waals surface area contributed by atoms with Crippen molar-refractivity contribution in [3.63, 3.8) is 0 Å². The number of aromatic nitrogens is 2. The van der Waals surface area contributed by atoms with Crippen LogP contribution < -0.4 is 16.0 Å². The molecule has 33 heavy (non-hydrogen) atoms. The lowest BCUT2D eigenvalue weighted by atomic mass is 9.91. The van der Waals surface area contributed by atoms with Crippen molar-refractivity contribution in [1.29, 1.82) is 0 Å². The van der Waals surface area contributed by atoms with Crippen molar-refractivity contribution in [2.24, 2.45) is 0 Å². The first-order valence-corrected chi connectivity index (χ1v) is 10.1. The van der Waals surface area contributed by atoms with E-state index in [1.54, 1.807) is 61.5 Å². The molecule has 0 aliphatic carbocycles. The number of anilines is 1. The molecule has 2 heterocycles. The van der Waals surface area contributed by atoms with E-state index in [0.717, 1.165) is 5.56 Å². The van der Waals surface area contributed by atoms with Gasteiger partial charge in [0.05, 0.1) is 11.0 Å². The van der Waals surface area contributed by atoms with E-state index in [0.29, 0.717) is 33.7 Å². The zero-order valence-electron chi connectivity index (χ0n) is 17.4. The van der Waals surface area contributed by atoms with Gasteiger partial charge in [-0.25, -0.2) is 14.2 Å². The van der Waals surface area contributed by atoms with Crippen LogP contribution in [0.5, 0.6) is 0 Å². The summed E-state index contributed by atoms with van der Waals surface area (Å²) in [5.41, 5.74) is 2.27. The second-order valence-corrected chi connectivity index (χ2v) is 7.89. The standard InChI is InChI=1S/C24H18FN5O3/c1-24(22(32)29-23(33)30-24)15-4-2-3-14(11-15)21(31)26-17-9-10-18-19(12-17)28-20(27-18)13-5-7-16(25)8-6-13/h2-12H,1H3,(H,26,31)(H,27,28)(H2,29,30,32,33). The van der Waals surface area contributed by atoms with Gasteiger partial charge in [-0.15, -0.1) is 0 Å². The molecule has 1 atom stereocenters. The fraction of sp³-hybridized carbons (Fsp3) is 0.0833. The summed E-state index contributed by atoms with van der Waals surface area (Å²) in [5.74, 6) is -0.588. The second kappa shape index (κ2) is 7.56. The highest BCUT2D eigenvalue weighted by Crippen LogP contribution is 2.26. The fourth-order valence-electron chi connectivity index (χ4n) is 3.75. The summed E-state index contributed by atoms with van der Waals surface area (Å²) in [4.78, 5) is 44.3. The van der Waals surface area contributed by atoms with Crippen molar-refractivity contribution >= 4 is 34.6 Å². The van der Waals surface area contributed by atoms with Crippen LogP contribution in [-0.4, -0.2) is 27.8 Å². The van der Waals surface area contributed by atoms with Crippen LogP contribution in [0.3, 0.4) is 0 Å². The summed E-state index contributed by atoms with van der Waals surface area (Å²) in [7, 11) is 0. The number of imide groups is 1. The lowest BCUT2D eigenvalue weighted by Gasteiger charge is -2.21. The maximum absolute atomic E-state index is 13.2. The first-order chi connectivity index (χ1) is 15.8. The van der Waals surface area contributed by atoms with Gasteiger partial charge < -0.3 is 15.6 Å². The van der Waals surface area contributed by atoms with Gasteiger partial charge in [-0.2, -0.15) is 0 Å². The van der Waals surface area contributed by atoms with Gasteiger partial charge >= 0.3 is 6.03 Å². The topological polar surface area (TPSA) is 116 Å². The van der Waals surface area contributed by atoms with Gasteiger partial charge in [0.2, 0.25) is 0 Å². The zero-order valence-corrected chi connectivity index (χ0v) is 17.4. The Hall–Kier alpha value is -4.53. The molecule has 0 spiro atoms. The lowest BCUT2D eigenvalue weighted by molar-refractivity contribution is -0.123. The Kier molecular flexibility index (Phi) is 4.67. The van der Waals surface area contributed by atoms with Crippen LogP contribution in [-0.2, 0) is 10.3 Å². The van der Waals surface area contributed by atoms with Crippen LogP contribution in [0.15, 0.2) is 66.7 Å². The fourth-order valence-corrected chi connectivity index (χ4v) is 3.75. The summed E-state index contributed by atoms with van der Waals surface area (Å²) < 4.78 is 13.2. The molecule has 1 aromatic heterocycles. The van der Waals surface area contributed by atoms with Crippen LogP contribution in [0, 0.1) is 5.82 Å². The van der Waals surface area contributed by atoms with E-state index >= 15 is 0 Å². The van der Waals surface area contributed by atoms with Crippen molar-refractivity contribution < 1.29 is 18.8 Å². The molecule has 0 saturated carbocycles. The molecule has 4 amide bonds. The minimum absolute atomic E-state index is 0.325. The lowest BCUT2D eigenvalue weighted by Crippen LogP contribution is -2.40. The Balaban J connectivity index is 1.39. The summed E-state index contributed by atoms with van der Waals surface area (Å²) in [6, 6.07) is 17.2. The van der Waals surface area contributed by atoms with Gasteiger partial charge in [0.25, 0.3) is 11.8 Å². The average molecular weight is 443 g/mol. The molecule has 164 valence electrons. The molecule has 8 nitrogen and oxygen atoms in total. The largest absolute Gasteiger partial charge is 0.338 e. The number of carbonyl (C=O) groups excluding carboxylic acids is 3. The zero-order chi connectivity index (χ0) is 23.2. The summed E-state index contributed by atoms with van der Waals surface area (Å²) in [6.45, 7) is 1.58. The predicted octanol–water partition coefficient (Wildman–Crippen LogP) is 3.68. The highest BCUT2D eigenvalue weighted by Gasteiger charge is 2.43. The summed E-state index contributed by atoms with van der Waals surface area (Å²) in [6.07, 6.45) is 0. The number of hydrogen-bond acceptors (Lipinski definition) is 4. The number of fused-ring (bicyclic) bond motifs is 1. The quantitative estimate of drug-likeness (QED) is 0.360. The van der Waals surface area contributed by atoms with Crippen LogP contribution in [0.4, 0.5) is 14.9 Å². The van der Waals surface area contributed by atoms with E-state index in [-0.39, 0.29) is 11.7 Å². The molecule has 0 radical (unpaired) electrons. The maximum Gasteiger partial charge on any atom is 0.322 e. The van der Waals surface area contributed by atoms with Crippen LogP contribution in [0.1, 0.15) is 22.8 Å². The summed E-state index contributed by atoms with van der Waals surface area (Å²) in [5, 5.41) is 7.63. The number of nitrogens with one attached hydrogen (secondary N) is 4. The molecule has 9 heteroatoms. The molecular weight excluding hydrogens is 425 g/mol. The Morgan fingerprint density at radius 1 is 1.03 bits per heavy atom. The first-order valence-electron chi connectivity index (χ1n) is 10.1. The number of amides is 4. The number of rotatable bonds is 4. The van der Waals surface area contributed by atoms with Gasteiger partial charge in [0.15, 0.2) is 0 Å². The van der Waals surface area contributed by atoms with Gasteiger partial charge in [0, 0.05) is 16.8 Å². The molecule has 1 unspecified atom stereocenters. The molecule has 4 N–H and O–H groups in total. The number of halogens is 1. The van der Waals surface area contributed by atoms with Crippen LogP contribution >= 0.6 is 0 Å². The number of imidazole rings is 1. The SMILES string of the molecule is CC1(c2cccc(C(=O)Nc3ccc4nc(-c5ccc(F)cc5)[nH]c4c3)c2)NC(=O)NC1=O. The van der Waals surface area contributed by atoms with Crippen molar-refractivity contribution in [2.75, 3.05) is 5.32 Å². The van der Waals surface area contributed by atoms with Crippen LogP contribution in [0.25, 0.3) is 22.4 Å². The third-order valence-electron chi connectivity index (χ3n) is 5.60. The molecule has 1 aliphatic rings. The molecule has 3 aromatic carbocycles. The van der Waals surface area contributed by atoms with Gasteiger partial charge in [-0.1, -0.05) is 12.1 Å². The number of aromatic amines is 1.